The van der Waals surface area contributed by atoms with E-state index in [4.69, 9.17) is 4.74 Å². The number of hydrogen-bond donors (Lipinski definition) is 0. The van der Waals surface area contributed by atoms with Gasteiger partial charge in [0.2, 0.25) is 0 Å². The Morgan fingerprint density at radius 2 is 1.55 bits per heavy atom. The standard InChI is InChI=1S/C22H28FN3O3/c23-18-7-5-17(6-8-18)19-20(25-10-2-1-3-11-25)22(28)26(21(19)27)12-4-9-24-13-15-29-16-14-24/h5-8H,1-4,9-16H2. The predicted octanol–water partition coefficient (Wildman–Crippen LogP) is 2.11. The number of rotatable bonds is 6. The highest BCUT2D eigenvalue weighted by Gasteiger charge is 2.41. The van der Waals surface area contributed by atoms with E-state index in [2.05, 4.69) is 4.90 Å². The van der Waals surface area contributed by atoms with E-state index in [-0.39, 0.29) is 17.6 Å². The molecule has 3 aliphatic heterocycles. The van der Waals surface area contributed by atoms with E-state index in [1.54, 1.807) is 12.1 Å². The fraction of sp³-hybridized carbons (Fsp3) is 0.545. The van der Waals surface area contributed by atoms with Gasteiger partial charge in [0.05, 0.1) is 18.8 Å². The van der Waals surface area contributed by atoms with Gasteiger partial charge in [-0.1, -0.05) is 12.1 Å². The molecular formula is C22H28FN3O3. The first-order valence-corrected chi connectivity index (χ1v) is 10.6. The fourth-order valence-electron chi connectivity index (χ4n) is 4.33. The number of likely N-dealkylation sites (tertiary alicyclic amines) is 1. The van der Waals surface area contributed by atoms with Gasteiger partial charge in [0.25, 0.3) is 11.8 Å². The first kappa shape index (κ1) is 20.0. The number of carbonyl (C=O) groups excluding carboxylic acids is 2. The van der Waals surface area contributed by atoms with Crippen LogP contribution < -0.4 is 0 Å². The topological polar surface area (TPSA) is 53.1 Å². The molecule has 7 heteroatoms. The molecule has 0 saturated carbocycles. The van der Waals surface area contributed by atoms with Crippen LogP contribution in [-0.2, 0) is 14.3 Å². The van der Waals surface area contributed by atoms with Crippen LogP contribution in [0.3, 0.4) is 0 Å². The summed E-state index contributed by atoms with van der Waals surface area (Å²) in [6.45, 7) is 6.04. The number of amides is 2. The van der Waals surface area contributed by atoms with Gasteiger partial charge in [0.1, 0.15) is 11.5 Å². The second-order valence-corrected chi connectivity index (χ2v) is 7.85. The van der Waals surface area contributed by atoms with Gasteiger partial charge in [-0.3, -0.25) is 19.4 Å². The van der Waals surface area contributed by atoms with Crippen molar-refractivity contribution in [2.24, 2.45) is 0 Å². The lowest BCUT2D eigenvalue weighted by atomic mass is 10.0. The molecule has 0 atom stereocenters. The summed E-state index contributed by atoms with van der Waals surface area (Å²) < 4.78 is 18.8. The Balaban J connectivity index is 1.53. The van der Waals surface area contributed by atoms with E-state index in [1.807, 2.05) is 4.90 Å². The maximum absolute atomic E-state index is 13.4. The number of hydrogen-bond acceptors (Lipinski definition) is 5. The molecule has 29 heavy (non-hydrogen) atoms. The molecule has 4 rings (SSSR count). The minimum Gasteiger partial charge on any atom is -0.379 e. The predicted molar refractivity (Wildman–Crippen MR) is 107 cm³/mol. The van der Waals surface area contributed by atoms with E-state index in [1.165, 1.54) is 17.0 Å². The van der Waals surface area contributed by atoms with Crippen LogP contribution in [0.5, 0.6) is 0 Å². The Bertz CT molecular complexity index is 781. The molecule has 3 heterocycles. The molecule has 0 aliphatic carbocycles. The summed E-state index contributed by atoms with van der Waals surface area (Å²) >= 11 is 0. The molecule has 2 fully saturated rings. The van der Waals surface area contributed by atoms with Gasteiger partial charge in [-0.05, 0) is 43.4 Å². The van der Waals surface area contributed by atoms with E-state index in [0.29, 0.717) is 23.4 Å². The minimum absolute atomic E-state index is 0.210. The normalized spacial score (nSPS) is 21.4. The summed E-state index contributed by atoms with van der Waals surface area (Å²) in [5.74, 6) is -0.824. The molecular weight excluding hydrogens is 373 g/mol. The first-order chi connectivity index (χ1) is 14.1. The molecule has 1 aromatic rings. The zero-order chi connectivity index (χ0) is 20.2. The fourth-order valence-corrected chi connectivity index (χ4v) is 4.33. The second-order valence-electron chi connectivity index (χ2n) is 7.85. The zero-order valence-corrected chi connectivity index (χ0v) is 16.7. The smallest absolute Gasteiger partial charge is 0.277 e. The number of nitrogens with zero attached hydrogens (tertiary/aromatic N) is 3. The van der Waals surface area contributed by atoms with Crippen LogP contribution >= 0.6 is 0 Å². The number of ether oxygens (including phenoxy) is 1. The van der Waals surface area contributed by atoms with Gasteiger partial charge < -0.3 is 9.64 Å². The molecule has 156 valence electrons. The Morgan fingerprint density at radius 1 is 0.862 bits per heavy atom. The van der Waals surface area contributed by atoms with Crippen molar-refractivity contribution in [3.8, 4) is 0 Å². The number of morpholine rings is 1. The summed E-state index contributed by atoms with van der Waals surface area (Å²) in [4.78, 5) is 32.2. The van der Waals surface area contributed by atoms with E-state index >= 15 is 0 Å². The van der Waals surface area contributed by atoms with Crippen molar-refractivity contribution in [1.82, 2.24) is 14.7 Å². The minimum atomic E-state index is -0.354. The monoisotopic (exact) mass is 401 g/mol. The number of benzene rings is 1. The second kappa shape index (κ2) is 9.05. The van der Waals surface area contributed by atoms with Crippen molar-refractivity contribution in [2.75, 3.05) is 52.5 Å². The lowest BCUT2D eigenvalue weighted by molar-refractivity contribution is -0.137. The molecule has 2 amide bonds. The highest BCUT2D eigenvalue weighted by atomic mass is 19.1. The van der Waals surface area contributed by atoms with E-state index in [0.717, 1.165) is 71.6 Å². The van der Waals surface area contributed by atoms with Gasteiger partial charge in [-0.2, -0.15) is 0 Å². The summed E-state index contributed by atoms with van der Waals surface area (Å²) in [7, 11) is 0. The number of carbonyl (C=O) groups is 2. The molecule has 0 aromatic heterocycles. The summed E-state index contributed by atoms with van der Waals surface area (Å²) in [6.07, 6.45) is 3.90. The Kier molecular flexibility index (Phi) is 6.25. The molecule has 0 spiro atoms. The van der Waals surface area contributed by atoms with Gasteiger partial charge >= 0.3 is 0 Å². The highest BCUT2D eigenvalue weighted by molar-refractivity contribution is 6.35. The average Bonchev–Trinajstić information content (AvgIpc) is 3.00. The van der Waals surface area contributed by atoms with Gasteiger partial charge in [0, 0.05) is 39.3 Å². The Hall–Kier alpha value is -2.25. The van der Waals surface area contributed by atoms with Crippen molar-refractivity contribution >= 4 is 17.4 Å². The lowest BCUT2D eigenvalue weighted by Crippen LogP contribution is -2.40. The van der Waals surface area contributed by atoms with Gasteiger partial charge in [0.15, 0.2) is 0 Å². The van der Waals surface area contributed by atoms with E-state index in [9.17, 15) is 14.0 Å². The zero-order valence-electron chi connectivity index (χ0n) is 16.7. The van der Waals surface area contributed by atoms with Crippen molar-refractivity contribution < 1.29 is 18.7 Å². The third kappa shape index (κ3) is 4.36. The van der Waals surface area contributed by atoms with Crippen LogP contribution in [0, 0.1) is 5.82 Å². The maximum atomic E-state index is 13.4. The molecule has 0 bridgehead atoms. The van der Waals surface area contributed by atoms with Crippen LogP contribution in [0.25, 0.3) is 5.57 Å². The highest BCUT2D eigenvalue weighted by Crippen LogP contribution is 2.33. The average molecular weight is 401 g/mol. The van der Waals surface area contributed by atoms with Crippen molar-refractivity contribution in [1.29, 1.82) is 0 Å². The third-order valence-corrected chi connectivity index (χ3v) is 5.91. The molecule has 6 nitrogen and oxygen atoms in total. The number of halogens is 1. The number of piperidine rings is 1. The quantitative estimate of drug-likeness (QED) is 0.684. The Morgan fingerprint density at radius 3 is 2.24 bits per heavy atom. The van der Waals surface area contributed by atoms with E-state index < -0.39 is 0 Å². The molecule has 3 aliphatic rings. The molecule has 1 aromatic carbocycles. The molecule has 0 radical (unpaired) electrons. The van der Waals surface area contributed by atoms with Crippen LogP contribution in [0.4, 0.5) is 4.39 Å². The lowest BCUT2D eigenvalue weighted by Gasteiger charge is -2.30. The van der Waals surface area contributed by atoms with Crippen LogP contribution in [-0.4, -0.2) is 79.0 Å². The van der Waals surface area contributed by atoms with Gasteiger partial charge in [-0.25, -0.2) is 4.39 Å². The molecule has 2 saturated heterocycles. The van der Waals surface area contributed by atoms with Crippen molar-refractivity contribution in [2.45, 2.75) is 25.7 Å². The largest absolute Gasteiger partial charge is 0.379 e. The van der Waals surface area contributed by atoms with Crippen molar-refractivity contribution in [3.63, 3.8) is 0 Å². The van der Waals surface area contributed by atoms with Crippen LogP contribution in [0.15, 0.2) is 30.0 Å². The number of imide groups is 1. The van der Waals surface area contributed by atoms with Crippen LogP contribution in [0.1, 0.15) is 31.2 Å². The third-order valence-electron chi connectivity index (χ3n) is 5.91. The maximum Gasteiger partial charge on any atom is 0.277 e. The molecule has 0 unspecified atom stereocenters. The van der Waals surface area contributed by atoms with Crippen LogP contribution in [0.2, 0.25) is 0 Å². The molecule has 0 N–H and O–H groups in total. The SMILES string of the molecule is O=C1C(c2ccc(F)cc2)=C(N2CCCCC2)C(=O)N1CCCN1CCOCC1. The van der Waals surface area contributed by atoms with Gasteiger partial charge in [-0.15, -0.1) is 0 Å². The summed E-state index contributed by atoms with van der Waals surface area (Å²) in [5, 5.41) is 0. The Labute approximate surface area is 170 Å². The van der Waals surface area contributed by atoms with Crippen molar-refractivity contribution in [3.05, 3.63) is 41.3 Å². The summed E-state index contributed by atoms with van der Waals surface area (Å²) in [5.41, 5.74) is 1.52. The summed E-state index contributed by atoms with van der Waals surface area (Å²) in [6, 6.07) is 5.87. The first-order valence-electron chi connectivity index (χ1n) is 10.6.